The topological polar surface area (TPSA) is 53.0 Å². The number of hydrogen-bond donors (Lipinski definition) is 1. The first-order chi connectivity index (χ1) is 11.0. The first-order valence-corrected chi connectivity index (χ1v) is 8.43. The molecule has 2 saturated heterocycles. The molecule has 1 spiro atoms. The Balaban J connectivity index is 1.62. The minimum absolute atomic E-state index is 0.124. The van der Waals surface area contributed by atoms with Crippen molar-refractivity contribution in [3.63, 3.8) is 0 Å². The van der Waals surface area contributed by atoms with Crippen molar-refractivity contribution in [2.45, 2.75) is 31.4 Å². The number of carbonyl (C=O) groups is 1. The highest BCUT2D eigenvalue weighted by Gasteiger charge is 2.40. The van der Waals surface area contributed by atoms with E-state index in [1.54, 1.807) is 11.0 Å². The zero-order valence-corrected chi connectivity index (χ0v) is 14.2. The van der Waals surface area contributed by atoms with Crippen LogP contribution < -0.4 is 0 Å². The van der Waals surface area contributed by atoms with E-state index in [1.165, 1.54) is 0 Å². The fraction of sp³-hybridized carbons (Fsp3) is 0.588. The van der Waals surface area contributed by atoms with E-state index in [1.807, 2.05) is 19.2 Å². The second kappa shape index (κ2) is 6.67. The Labute approximate surface area is 141 Å². The summed E-state index contributed by atoms with van der Waals surface area (Å²) in [5.41, 5.74) is 0.626. The van der Waals surface area contributed by atoms with Crippen molar-refractivity contribution >= 4 is 17.5 Å². The maximum absolute atomic E-state index is 12.1. The van der Waals surface area contributed by atoms with Gasteiger partial charge in [-0.3, -0.25) is 9.69 Å². The van der Waals surface area contributed by atoms with Crippen molar-refractivity contribution in [2.75, 3.05) is 33.3 Å². The van der Waals surface area contributed by atoms with Crippen molar-refractivity contribution < 1.29 is 14.6 Å². The molecule has 0 unspecified atom stereocenters. The minimum atomic E-state index is -0.305. The molecule has 0 aliphatic carbocycles. The van der Waals surface area contributed by atoms with Gasteiger partial charge in [0.05, 0.1) is 23.7 Å². The van der Waals surface area contributed by atoms with E-state index in [2.05, 4.69) is 4.90 Å². The first kappa shape index (κ1) is 16.6. The third-order valence-electron chi connectivity index (χ3n) is 4.95. The van der Waals surface area contributed by atoms with Crippen LogP contribution in [-0.4, -0.2) is 59.7 Å². The van der Waals surface area contributed by atoms with Crippen LogP contribution in [0.2, 0.25) is 5.02 Å². The lowest BCUT2D eigenvalue weighted by molar-refractivity contribution is -0.134. The summed E-state index contributed by atoms with van der Waals surface area (Å²) in [4.78, 5) is 16.2. The highest BCUT2D eigenvalue weighted by molar-refractivity contribution is 6.32. The van der Waals surface area contributed by atoms with Gasteiger partial charge in [-0.1, -0.05) is 23.7 Å². The second-order valence-electron chi connectivity index (χ2n) is 6.55. The molecule has 1 aromatic rings. The van der Waals surface area contributed by atoms with Crippen LogP contribution in [0, 0.1) is 0 Å². The quantitative estimate of drug-likeness (QED) is 0.898. The van der Waals surface area contributed by atoms with Crippen molar-refractivity contribution in [3.8, 4) is 5.75 Å². The van der Waals surface area contributed by atoms with Crippen molar-refractivity contribution in [2.24, 2.45) is 0 Å². The molecule has 3 rings (SSSR count). The van der Waals surface area contributed by atoms with Crippen LogP contribution in [0.5, 0.6) is 5.75 Å². The number of phenols is 1. The van der Waals surface area contributed by atoms with Crippen LogP contribution in [-0.2, 0) is 16.1 Å². The normalized spacial score (nSPS) is 22.3. The van der Waals surface area contributed by atoms with Gasteiger partial charge in [-0.25, -0.2) is 0 Å². The van der Waals surface area contributed by atoms with E-state index < -0.39 is 0 Å². The molecule has 0 bridgehead atoms. The lowest BCUT2D eigenvalue weighted by Gasteiger charge is -2.40. The van der Waals surface area contributed by atoms with E-state index in [0.717, 1.165) is 31.5 Å². The van der Waals surface area contributed by atoms with Crippen molar-refractivity contribution in [3.05, 3.63) is 28.8 Å². The average molecular weight is 339 g/mol. The Morgan fingerprint density at radius 2 is 2.04 bits per heavy atom. The number of phenolic OH excluding ortho intramolecular Hbond substituents is 1. The summed E-state index contributed by atoms with van der Waals surface area (Å²) in [7, 11) is 1.84. The summed E-state index contributed by atoms with van der Waals surface area (Å²) in [6.07, 6.45) is 2.18. The number of likely N-dealkylation sites (N-methyl/N-ethyl adjacent to an activating group) is 1. The number of nitrogens with zero attached hydrogens (tertiary/aromatic N) is 2. The monoisotopic (exact) mass is 338 g/mol. The predicted molar refractivity (Wildman–Crippen MR) is 88.6 cm³/mol. The number of hydrogen-bond acceptors (Lipinski definition) is 4. The van der Waals surface area contributed by atoms with Gasteiger partial charge >= 0.3 is 0 Å². The van der Waals surface area contributed by atoms with E-state index in [4.69, 9.17) is 16.3 Å². The van der Waals surface area contributed by atoms with E-state index in [-0.39, 0.29) is 17.3 Å². The molecule has 2 aliphatic rings. The molecule has 2 aliphatic heterocycles. The third kappa shape index (κ3) is 3.62. The zero-order valence-electron chi connectivity index (χ0n) is 13.4. The number of aromatic hydroxyl groups is 1. The molecular weight excluding hydrogens is 316 g/mol. The van der Waals surface area contributed by atoms with Crippen LogP contribution in [0.1, 0.15) is 24.8 Å². The maximum Gasteiger partial charge on any atom is 0.225 e. The fourth-order valence-corrected chi connectivity index (χ4v) is 3.54. The van der Waals surface area contributed by atoms with Gasteiger partial charge in [0.15, 0.2) is 0 Å². The molecule has 126 valence electrons. The largest absolute Gasteiger partial charge is 0.506 e. The summed E-state index contributed by atoms with van der Waals surface area (Å²) < 4.78 is 6.06. The number of halogens is 1. The lowest BCUT2D eigenvalue weighted by atomic mass is 9.87. The Morgan fingerprint density at radius 1 is 1.30 bits per heavy atom. The summed E-state index contributed by atoms with van der Waals surface area (Å²) in [5.74, 6) is 0.297. The van der Waals surface area contributed by atoms with Gasteiger partial charge in [0.2, 0.25) is 5.91 Å². The molecule has 2 fully saturated rings. The highest BCUT2D eigenvalue weighted by atomic mass is 35.5. The minimum Gasteiger partial charge on any atom is -0.506 e. The van der Waals surface area contributed by atoms with Crippen LogP contribution in [0.3, 0.4) is 0 Å². The number of ether oxygens (including phenoxy) is 1. The molecule has 6 heteroatoms. The van der Waals surface area contributed by atoms with Gasteiger partial charge in [0.25, 0.3) is 0 Å². The summed E-state index contributed by atoms with van der Waals surface area (Å²) in [6.45, 7) is 3.72. The molecule has 5 nitrogen and oxygen atoms in total. The number of rotatable bonds is 2. The first-order valence-electron chi connectivity index (χ1n) is 8.06. The molecule has 0 saturated carbocycles. The summed E-state index contributed by atoms with van der Waals surface area (Å²) in [6, 6.07) is 5.34. The Bertz CT molecular complexity index is 585. The van der Waals surface area contributed by atoms with Crippen molar-refractivity contribution in [1.82, 2.24) is 9.80 Å². The van der Waals surface area contributed by atoms with E-state index in [0.29, 0.717) is 31.1 Å². The molecule has 1 amide bonds. The molecule has 1 N–H and O–H groups in total. The molecule has 2 heterocycles. The molecule has 0 aromatic heterocycles. The van der Waals surface area contributed by atoms with Gasteiger partial charge in [-0.2, -0.15) is 0 Å². The van der Waals surface area contributed by atoms with Gasteiger partial charge < -0.3 is 14.7 Å². The average Bonchev–Trinajstić information content (AvgIpc) is 2.66. The van der Waals surface area contributed by atoms with E-state index in [9.17, 15) is 9.90 Å². The third-order valence-corrected chi connectivity index (χ3v) is 5.39. The van der Waals surface area contributed by atoms with Crippen molar-refractivity contribution in [1.29, 1.82) is 0 Å². The molecular formula is C17H23ClN2O3. The molecule has 23 heavy (non-hydrogen) atoms. The Hall–Kier alpha value is -1.30. The smallest absolute Gasteiger partial charge is 0.225 e. The summed E-state index contributed by atoms with van der Waals surface area (Å²) in [5, 5.41) is 10.1. The molecule has 1 aromatic carbocycles. The van der Waals surface area contributed by atoms with Gasteiger partial charge in [-0.05, 0) is 24.5 Å². The molecule has 0 atom stereocenters. The predicted octanol–water partition coefficient (Wildman–Crippen LogP) is 2.26. The number of amides is 1. The second-order valence-corrected chi connectivity index (χ2v) is 6.93. The molecule has 0 radical (unpaired) electrons. The number of benzene rings is 1. The van der Waals surface area contributed by atoms with Crippen LogP contribution >= 0.6 is 11.6 Å². The Kier molecular flexibility index (Phi) is 4.80. The zero-order chi connectivity index (χ0) is 16.4. The number of piperidine rings is 1. The number of likely N-dealkylation sites (tertiary alicyclic amines) is 1. The van der Waals surface area contributed by atoms with Gasteiger partial charge in [0.1, 0.15) is 5.75 Å². The van der Waals surface area contributed by atoms with Crippen LogP contribution in [0.25, 0.3) is 0 Å². The van der Waals surface area contributed by atoms with Gasteiger partial charge in [-0.15, -0.1) is 0 Å². The number of carbonyl (C=O) groups excluding carboxylic acids is 1. The highest BCUT2D eigenvalue weighted by Crippen LogP contribution is 2.34. The van der Waals surface area contributed by atoms with E-state index >= 15 is 0 Å². The summed E-state index contributed by atoms with van der Waals surface area (Å²) >= 11 is 6.16. The standard InChI is InChI=1S/C17H23ClN2O3/c1-19-9-10-23-17(11-15(19)22)5-7-20(8-6-17)12-13-3-2-4-14(21)16(13)18/h2-4,21H,5-12H2,1H3. The lowest BCUT2D eigenvalue weighted by Crippen LogP contribution is -2.46. The Morgan fingerprint density at radius 3 is 2.78 bits per heavy atom. The van der Waals surface area contributed by atoms with Crippen LogP contribution in [0.15, 0.2) is 18.2 Å². The van der Waals surface area contributed by atoms with Crippen LogP contribution in [0.4, 0.5) is 0 Å². The maximum atomic E-state index is 12.1. The fourth-order valence-electron chi connectivity index (χ4n) is 3.35. The van der Waals surface area contributed by atoms with Gasteiger partial charge in [0, 0.05) is 33.2 Å². The SMILES string of the molecule is CN1CCOC2(CCN(Cc3cccc(O)c3Cl)CC2)CC1=O.